The summed E-state index contributed by atoms with van der Waals surface area (Å²) in [4.78, 5) is 11.2. The van der Waals surface area contributed by atoms with Gasteiger partial charge in [-0.2, -0.15) is 0 Å². The number of thioether (sulfide) groups is 1. The molecule has 1 N–H and O–H groups in total. The predicted molar refractivity (Wildman–Crippen MR) is 64.1 cm³/mol. The molecule has 15 heavy (non-hydrogen) atoms. The Bertz CT molecular complexity index is 212. The molecule has 0 radical (unpaired) electrons. The van der Waals surface area contributed by atoms with E-state index in [1.807, 2.05) is 34.6 Å². The molecule has 0 aliphatic rings. The van der Waals surface area contributed by atoms with E-state index in [2.05, 4.69) is 0 Å². The van der Waals surface area contributed by atoms with Crippen LogP contribution in [0.1, 0.15) is 41.0 Å². The summed E-state index contributed by atoms with van der Waals surface area (Å²) in [5.74, 6) is 0.614. The first kappa shape index (κ1) is 14.9. The molecule has 0 unspecified atom stereocenters. The number of hydrogen-bond acceptors (Lipinski definition) is 4. The van der Waals surface area contributed by atoms with E-state index >= 15 is 0 Å². The second kappa shape index (κ2) is 5.87. The van der Waals surface area contributed by atoms with E-state index in [4.69, 9.17) is 9.84 Å². The summed E-state index contributed by atoms with van der Waals surface area (Å²) in [6.07, 6.45) is 0.546. The highest BCUT2D eigenvalue weighted by Crippen LogP contribution is 2.24. The molecule has 0 saturated heterocycles. The smallest absolute Gasteiger partial charge is 0.188 e. The highest BCUT2D eigenvalue weighted by atomic mass is 32.2. The lowest BCUT2D eigenvalue weighted by Gasteiger charge is -2.34. The summed E-state index contributed by atoms with van der Waals surface area (Å²) in [6, 6.07) is 0. The Hall–Kier alpha value is -0.0600. The van der Waals surface area contributed by atoms with Gasteiger partial charge in [-0.3, -0.25) is 4.79 Å². The van der Waals surface area contributed by atoms with Crippen molar-refractivity contribution >= 4 is 16.9 Å². The van der Waals surface area contributed by atoms with Crippen LogP contribution in [0.15, 0.2) is 0 Å². The third kappa shape index (κ3) is 6.93. The third-order valence-corrected chi connectivity index (χ3v) is 3.25. The molecule has 0 bridgehead atoms. The number of hydrogen-bond donors (Lipinski definition) is 1. The summed E-state index contributed by atoms with van der Waals surface area (Å²) < 4.78 is 5.75. The van der Waals surface area contributed by atoms with Gasteiger partial charge >= 0.3 is 0 Å². The van der Waals surface area contributed by atoms with E-state index in [9.17, 15) is 4.79 Å². The minimum Gasteiger partial charge on any atom is -0.393 e. The Morgan fingerprint density at radius 1 is 1.27 bits per heavy atom. The van der Waals surface area contributed by atoms with Crippen LogP contribution in [0.25, 0.3) is 0 Å². The fourth-order valence-corrected chi connectivity index (χ4v) is 1.94. The molecule has 0 aromatic carbocycles. The number of rotatable bonds is 6. The lowest BCUT2D eigenvalue weighted by molar-refractivity contribution is -0.131. The van der Waals surface area contributed by atoms with Gasteiger partial charge in [-0.1, -0.05) is 18.7 Å². The molecule has 0 atom stereocenters. The summed E-state index contributed by atoms with van der Waals surface area (Å²) in [5.41, 5.74) is -0.957. The molecule has 0 rings (SSSR count). The van der Waals surface area contributed by atoms with Gasteiger partial charge in [-0.25, -0.2) is 0 Å². The monoisotopic (exact) mass is 234 g/mol. The molecule has 0 aliphatic carbocycles. The molecule has 3 nitrogen and oxygen atoms in total. The molecule has 90 valence electrons. The lowest BCUT2D eigenvalue weighted by Crippen LogP contribution is -2.41. The van der Waals surface area contributed by atoms with E-state index in [-0.39, 0.29) is 11.7 Å². The summed E-state index contributed by atoms with van der Waals surface area (Å²) in [5, 5.41) is 9.26. The van der Waals surface area contributed by atoms with Crippen LogP contribution in [0.4, 0.5) is 0 Å². The molecular weight excluding hydrogens is 212 g/mol. The first-order valence-electron chi connectivity index (χ1n) is 5.19. The fraction of sp³-hybridized carbons (Fsp3) is 0.909. The Labute approximate surface area is 96.6 Å². The zero-order valence-electron chi connectivity index (χ0n) is 10.3. The third-order valence-electron chi connectivity index (χ3n) is 1.80. The minimum absolute atomic E-state index is 0.0250. The van der Waals surface area contributed by atoms with Crippen LogP contribution < -0.4 is 0 Å². The van der Waals surface area contributed by atoms with Crippen LogP contribution in [-0.4, -0.2) is 33.8 Å². The average molecular weight is 234 g/mol. The lowest BCUT2D eigenvalue weighted by atomic mass is 10.1. The number of carbonyl (C=O) groups excluding carboxylic acids is 1. The predicted octanol–water partition coefficient (Wildman–Crippen LogP) is 2.22. The van der Waals surface area contributed by atoms with Crippen molar-refractivity contribution in [2.24, 2.45) is 0 Å². The van der Waals surface area contributed by atoms with Crippen LogP contribution >= 0.6 is 11.8 Å². The molecule has 4 heteroatoms. The van der Waals surface area contributed by atoms with Crippen molar-refractivity contribution in [3.05, 3.63) is 0 Å². The molecule has 0 spiro atoms. The SMILES string of the molecule is CCC(=O)SCC(C)(C)OC(C)(C)CO. The number of aliphatic hydroxyl groups excluding tert-OH is 1. The van der Waals surface area contributed by atoms with Crippen molar-refractivity contribution < 1.29 is 14.6 Å². The maximum Gasteiger partial charge on any atom is 0.188 e. The quantitative estimate of drug-likeness (QED) is 0.765. The van der Waals surface area contributed by atoms with Gasteiger partial charge in [0.1, 0.15) is 0 Å². The van der Waals surface area contributed by atoms with Crippen molar-refractivity contribution in [2.45, 2.75) is 52.2 Å². The standard InChI is InChI=1S/C11H22O3S/c1-6-9(13)15-8-11(4,5)14-10(2,3)7-12/h12H,6-8H2,1-5H3. The summed E-state index contributed by atoms with van der Waals surface area (Å²) >= 11 is 1.29. The van der Waals surface area contributed by atoms with E-state index in [0.29, 0.717) is 12.2 Å². The number of ether oxygens (including phenoxy) is 1. The minimum atomic E-state index is -0.556. The van der Waals surface area contributed by atoms with Crippen LogP contribution in [0.2, 0.25) is 0 Å². The Morgan fingerprint density at radius 2 is 1.80 bits per heavy atom. The van der Waals surface area contributed by atoms with Crippen LogP contribution in [0.5, 0.6) is 0 Å². The van der Waals surface area contributed by atoms with Crippen LogP contribution in [0, 0.1) is 0 Å². The van der Waals surface area contributed by atoms with Gasteiger partial charge in [-0.05, 0) is 27.7 Å². The molecule has 0 aliphatic heterocycles. The zero-order chi connectivity index (χ0) is 12.1. The summed E-state index contributed by atoms with van der Waals surface area (Å²) in [6.45, 7) is 9.35. The van der Waals surface area contributed by atoms with Gasteiger partial charge in [-0.15, -0.1) is 0 Å². The largest absolute Gasteiger partial charge is 0.393 e. The van der Waals surface area contributed by atoms with Crippen molar-refractivity contribution in [1.82, 2.24) is 0 Å². The van der Waals surface area contributed by atoms with Crippen molar-refractivity contribution in [1.29, 1.82) is 0 Å². The van der Waals surface area contributed by atoms with Crippen LogP contribution in [0.3, 0.4) is 0 Å². The normalized spacial score (nSPS) is 12.9. The van der Waals surface area contributed by atoms with Gasteiger partial charge < -0.3 is 9.84 Å². The second-order valence-electron chi connectivity index (χ2n) is 4.79. The fourth-order valence-electron chi connectivity index (χ4n) is 1.17. The second-order valence-corrected chi connectivity index (χ2v) is 5.83. The van der Waals surface area contributed by atoms with Gasteiger partial charge in [0.25, 0.3) is 0 Å². The van der Waals surface area contributed by atoms with Gasteiger partial charge in [0.2, 0.25) is 0 Å². The Kier molecular flexibility index (Phi) is 5.85. The number of carbonyl (C=O) groups is 1. The molecule has 0 fully saturated rings. The van der Waals surface area contributed by atoms with Gasteiger partial charge in [0.05, 0.1) is 17.8 Å². The first-order chi connectivity index (χ1) is 6.72. The number of aliphatic hydroxyl groups is 1. The molecule has 0 saturated carbocycles. The van der Waals surface area contributed by atoms with E-state index < -0.39 is 11.2 Å². The highest BCUT2D eigenvalue weighted by molar-refractivity contribution is 8.13. The Morgan fingerprint density at radius 3 is 2.20 bits per heavy atom. The van der Waals surface area contributed by atoms with Crippen molar-refractivity contribution in [3.63, 3.8) is 0 Å². The molecule has 0 aromatic rings. The van der Waals surface area contributed by atoms with Crippen LogP contribution in [-0.2, 0) is 9.53 Å². The van der Waals surface area contributed by atoms with Gasteiger partial charge in [0, 0.05) is 12.2 Å². The average Bonchev–Trinajstić information content (AvgIpc) is 2.13. The van der Waals surface area contributed by atoms with E-state index in [1.165, 1.54) is 11.8 Å². The Balaban J connectivity index is 4.13. The topological polar surface area (TPSA) is 46.5 Å². The maximum absolute atomic E-state index is 11.2. The van der Waals surface area contributed by atoms with E-state index in [0.717, 1.165) is 0 Å². The summed E-state index contributed by atoms with van der Waals surface area (Å²) in [7, 11) is 0. The highest BCUT2D eigenvalue weighted by Gasteiger charge is 2.29. The molecule has 0 aromatic heterocycles. The molecule has 0 heterocycles. The van der Waals surface area contributed by atoms with E-state index in [1.54, 1.807) is 0 Å². The molecular formula is C11H22O3S. The van der Waals surface area contributed by atoms with Gasteiger partial charge in [0.15, 0.2) is 5.12 Å². The maximum atomic E-state index is 11.2. The van der Waals surface area contributed by atoms with Crippen molar-refractivity contribution in [3.8, 4) is 0 Å². The van der Waals surface area contributed by atoms with Crippen molar-refractivity contribution in [2.75, 3.05) is 12.4 Å². The zero-order valence-corrected chi connectivity index (χ0v) is 11.1. The molecule has 0 amide bonds. The first-order valence-corrected chi connectivity index (χ1v) is 6.17.